The van der Waals surface area contributed by atoms with Gasteiger partial charge in [-0.05, 0) is 25.5 Å². The number of terminal acetylenes is 1. The molecule has 0 bridgehead atoms. The summed E-state index contributed by atoms with van der Waals surface area (Å²) in [5.41, 5.74) is 0.795. The fraction of sp³-hybridized carbons (Fsp3) is 0.385. The summed E-state index contributed by atoms with van der Waals surface area (Å²) in [6.45, 7) is 2.29. The van der Waals surface area contributed by atoms with Gasteiger partial charge in [-0.25, -0.2) is 0 Å². The molecule has 0 amide bonds. The first-order valence-electron chi connectivity index (χ1n) is 5.19. The van der Waals surface area contributed by atoms with Crippen LogP contribution in [0, 0.1) is 12.3 Å². The number of hydrogen-bond donors (Lipinski definition) is 1. The Hall–Kier alpha value is -0.980. The first kappa shape index (κ1) is 13.1. The minimum atomic E-state index is -0.532. The summed E-state index contributed by atoms with van der Waals surface area (Å²) in [6.07, 6.45) is 6.15. The van der Waals surface area contributed by atoms with Crippen molar-refractivity contribution in [3.8, 4) is 18.1 Å². The number of rotatable bonds is 5. The van der Waals surface area contributed by atoms with Crippen LogP contribution in [-0.4, -0.2) is 11.7 Å². The number of hydrogen-bond acceptors (Lipinski definition) is 2. The third-order valence-electron chi connectivity index (χ3n) is 2.15. The van der Waals surface area contributed by atoms with Crippen molar-refractivity contribution in [1.29, 1.82) is 0 Å². The molecule has 1 atom stereocenters. The summed E-state index contributed by atoms with van der Waals surface area (Å²) >= 11 is 3.37. The second kappa shape index (κ2) is 6.57. The van der Waals surface area contributed by atoms with Gasteiger partial charge in [-0.2, -0.15) is 0 Å². The van der Waals surface area contributed by atoms with Gasteiger partial charge in [0.25, 0.3) is 0 Å². The molecular weight excluding hydrogens is 268 g/mol. The van der Waals surface area contributed by atoms with Crippen LogP contribution >= 0.6 is 15.9 Å². The minimum Gasteiger partial charge on any atom is -0.493 e. The molecule has 0 saturated heterocycles. The fourth-order valence-corrected chi connectivity index (χ4v) is 1.67. The maximum atomic E-state index is 9.57. The Kier molecular flexibility index (Phi) is 5.37. The Bertz CT molecular complexity index is 380. The van der Waals surface area contributed by atoms with E-state index < -0.39 is 6.10 Å². The van der Waals surface area contributed by atoms with Gasteiger partial charge in [0.2, 0.25) is 0 Å². The minimum absolute atomic E-state index is 0.532. The topological polar surface area (TPSA) is 29.5 Å². The van der Waals surface area contributed by atoms with Gasteiger partial charge >= 0.3 is 0 Å². The van der Waals surface area contributed by atoms with E-state index in [2.05, 4.69) is 21.9 Å². The summed E-state index contributed by atoms with van der Waals surface area (Å²) in [7, 11) is 0. The van der Waals surface area contributed by atoms with Crippen LogP contribution < -0.4 is 4.74 Å². The van der Waals surface area contributed by atoms with Crippen LogP contribution in [0.4, 0.5) is 0 Å². The van der Waals surface area contributed by atoms with Crippen LogP contribution in [0.5, 0.6) is 5.75 Å². The highest BCUT2D eigenvalue weighted by Crippen LogP contribution is 2.28. The first-order chi connectivity index (χ1) is 7.65. The Labute approximate surface area is 105 Å². The van der Waals surface area contributed by atoms with Crippen LogP contribution in [0.15, 0.2) is 22.7 Å². The van der Waals surface area contributed by atoms with Gasteiger partial charge in [-0.3, -0.25) is 0 Å². The second-order valence-corrected chi connectivity index (χ2v) is 4.43. The smallest absolute Gasteiger partial charge is 0.126 e. The number of ether oxygens (including phenoxy) is 1. The average Bonchev–Trinajstić information content (AvgIpc) is 2.24. The maximum Gasteiger partial charge on any atom is 0.126 e. The van der Waals surface area contributed by atoms with Gasteiger partial charge in [0.1, 0.15) is 5.75 Å². The van der Waals surface area contributed by atoms with Crippen molar-refractivity contribution in [3.63, 3.8) is 0 Å². The summed E-state index contributed by atoms with van der Waals surface area (Å²) in [6, 6.07) is 5.60. The number of halogens is 1. The Morgan fingerprint density at radius 3 is 2.94 bits per heavy atom. The lowest BCUT2D eigenvalue weighted by molar-refractivity contribution is 0.191. The van der Waals surface area contributed by atoms with E-state index in [1.54, 1.807) is 6.92 Å². The fourth-order valence-electron chi connectivity index (χ4n) is 1.33. The molecular formula is C13H15BrO2. The molecule has 0 saturated carbocycles. The van der Waals surface area contributed by atoms with E-state index in [0.29, 0.717) is 18.8 Å². The largest absolute Gasteiger partial charge is 0.493 e. The van der Waals surface area contributed by atoms with E-state index in [9.17, 15) is 5.11 Å². The molecule has 0 aliphatic rings. The highest BCUT2D eigenvalue weighted by Gasteiger charge is 2.09. The molecule has 3 heteroatoms. The standard InChI is InChI=1S/C13H15BrO2/c1-3-4-5-8-16-13-9-11(14)6-7-12(13)10(2)15/h1,6-7,9-10,15H,4-5,8H2,2H3. The molecule has 1 aromatic carbocycles. The zero-order chi connectivity index (χ0) is 12.0. The van der Waals surface area contributed by atoms with Crippen LogP contribution in [0.3, 0.4) is 0 Å². The number of aliphatic hydroxyl groups is 1. The monoisotopic (exact) mass is 282 g/mol. The predicted molar refractivity (Wildman–Crippen MR) is 68.3 cm³/mol. The first-order valence-corrected chi connectivity index (χ1v) is 5.98. The van der Waals surface area contributed by atoms with Crippen LogP contribution in [0.25, 0.3) is 0 Å². The zero-order valence-corrected chi connectivity index (χ0v) is 10.8. The Morgan fingerprint density at radius 2 is 2.31 bits per heavy atom. The van der Waals surface area contributed by atoms with Gasteiger partial charge < -0.3 is 9.84 Å². The molecule has 0 radical (unpaired) electrons. The van der Waals surface area contributed by atoms with Gasteiger partial charge in [0, 0.05) is 16.5 Å². The molecule has 16 heavy (non-hydrogen) atoms. The SMILES string of the molecule is C#CCCCOc1cc(Br)ccc1C(C)O. The molecule has 1 N–H and O–H groups in total. The van der Waals surface area contributed by atoms with Crippen LogP contribution in [0.2, 0.25) is 0 Å². The Balaban J connectivity index is 2.69. The third kappa shape index (κ3) is 3.88. The van der Waals surface area contributed by atoms with Gasteiger partial charge in [-0.15, -0.1) is 12.3 Å². The molecule has 2 nitrogen and oxygen atoms in total. The van der Waals surface area contributed by atoms with Crippen molar-refractivity contribution in [2.45, 2.75) is 25.9 Å². The van der Waals surface area contributed by atoms with Crippen LogP contribution in [0.1, 0.15) is 31.4 Å². The van der Waals surface area contributed by atoms with Crippen LogP contribution in [-0.2, 0) is 0 Å². The lowest BCUT2D eigenvalue weighted by Crippen LogP contribution is -2.02. The number of aliphatic hydroxyl groups excluding tert-OH is 1. The molecule has 0 aliphatic heterocycles. The molecule has 0 heterocycles. The highest BCUT2D eigenvalue weighted by atomic mass is 79.9. The van der Waals surface area contributed by atoms with Gasteiger partial charge in [0.15, 0.2) is 0 Å². The average molecular weight is 283 g/mol. The lowest BCUT2D eigenvalue weighted by Gasteiger charge is -2.13. The lowest BCUT2D eigenvalue weighted by atomic mass is 10.1. The molecule has 1 rings (SSSR count). The molecule has 0 aliphatic carbocycles. The molecule has 1 unspecified atom stereocenters. The van der Waals surface area contributed by atoms with E-state index in [0.717, 1.165) is 16.5 Å². The van der Waals surface area contributed by atoms with Crippen molar-refractivity contribution in [2.24, 2.45) is 0 Å². The molecule has 0 spiro atoms. The summed E-state index contributed by atoms with van der Waals surface area (Å²) < 4.78 is 6.53. The van der Waals surface area contributed by atoms with E-state index in [4.69, 9.17) is 11.2 Å². The molecule has 0 fully saturated rings. The zero-order valence-electron chi connectivity index (χ0n) is 9.24. The second-order valence-electron chi connectivity index (χ2n) is 3.51. The van der Waals surface area contributed by atoms with Crippen molar-refractivity contribution < 1.29 is 9.84 Å². The van der Waals surface area contributed by atoms with E-state index in [1.807, 2.05) is 18.2 Å². The van der Waals surface area contributed by atoms with E-state index in [-0.39, 0.29) is 0 Å². The van der Waals surface area contributed by atoms with E-state index >= 15 is 0 Å². The number of benzene rings is 1. The number of unbranched alkanes of at least 4 members (excludes halogenated alkanes) is 1. The maximum absolute atomic E-state index is 9.57. The van der Waals surface area contributed by atoms with Crippen molar-refractivity contribution in [3.05, 3.63) is 28.2 Å². The highest BCUT2D eigenvalue weighted by molar-refractivity contribution is 9.10. The summed E-state index contributed by atoms with van der Waals surface area (Å²) in [5, 5.41) is 9.57. The Morgan fingerprint density at radius 1 is 1.56 bits per heavy atom. The quantitative estimate of drug-likeness (QED) is 0.663. The van der Waals surface area contributed by atoms with Crippen molar-refractivity contribution >= 4 is 15.9 Å². The van der Waals surface area contributed by atoms with E-state index in [1.165, 1.54) is 0 Å². The van der Waals surface area contributed by atoms with Crippen molar-refractivity contribution in [1.82, 2.24) is 0 Å². The molecule has 86 valence electrons. The normalized spacial score (nSPS) is 11.9. The molecule has 1 aromatic rings. The summed E-state index contributed by atoms with van der Waals surface area (Å²) in [4.78, 5) is 0. The van der Waals surface area contributed by atoms with Gasteiger partial charge in [0.05, 0.1) is 12.7 Å². The summed E-state index contributed by atoms with van der Waals surface area (Å²) in [5.74, 6) is 3.27. The predicted octanol–water partition coefficient (Wildman–Crippen LogP) is 3.29. The van der Waals surface area contributed by atoms with Gasteiger partial charge in [-0.1, -0.05) is 22.0 Å². The molecule has 0 aromatic heterocycles. The van der Waals surface area contributed by atoms with Crippen molar-refractivity contribution in [2.75, 3.05) is 6.61 Å². The third-order valence-corrected chi connectivity index (χ3v) is 2.64.